The van der Waals surface area contributed by atoms with Crippen LogP contribution in [0.15, 0.2) is 31.8 Å². The highest BCUT2D eigenvalue weighted by molar-refractivity contribution is 8.03. The summed E-state index contributed by atoms with van der Waals surface area (Å²) in [6.45, 7) is 1.91. The molecule has 1 aromatic heterocycles. The lowest BCUT2D eigenvalue weighted by atomic mass is 10.1. The number of hydrogen-bond acceptors (Lipinski definition) is 6. The van der Waals surface area contributed by atoms with Crippen molar-refractivity contribution in [2.45, 2.75) is 33.0 Å². The zero-order valence-electron chi connectivity index (χ0n) is 10.6. The zero-order valence-corrected chi connectivity index (χ0v) is 13.0. The maximum absolute atomic E-state index is 14.0. The van der Waals surface area contributed by atoms with Gasteiger partial charge in [-0.05, 0) is 37.3 Å². The van der Waals surface area contributed by atoms with Crippen molar-refractivity contribution in [1.82, 2.24) is 10.2 Å². The van der Waals surface area contributed by atoms with Crippen LogP contribution in [0.25, 0.3) is 0 Å². The first-order chi connectivity index (χ1) is 9.08. The van der Waals surface area contributed by atoms with E-state index in [1.54, 1.807) is 12.1 Å². The normalized spacial score (nSPS) is 12.6. The summed E-state index contributed by atoms with van der Waals surface area (Å²) in [6.07, 6.45) is 2.62. The maximum atomic E-state index is 14.0. The molecule has 1 heterocycles. The summed E-state index contributed by atoms with van der Waals surface area (Å²) in [5, 5.41) is 8.01. The van der Waals surface area contributed by atoms with Crippen LogP contribution in [0.1, 0.15) is 12.5 Å². The monoisotopic (exact) mass is 315 g/mol. The number of hydrogen-bond donors (Lipinski definition) is 1. The topological polar surface area (TPSA) is 51.8 Å². The van der Waals surface area contributed by atoms with Crippen molar-refractivity contribution >= 4 is 34.9 Å². The van der Waals surface area contributed by atoms with Crippen LogP contribution >= 0.6 is 34.9 Å². The van der Waals surface area contributed by atoms with Crippen molar-refractivity contribution in [1.29, 1.82) is 0 Å². The van der Waals surface area contributed by atoms with Gasteiger partial charge in [-0.25, -0.2) is 4.39 Å². The van der Waals surface area contributed by atoms with E-state index in [4.69, 9.17) is 5.73 Å². The second kappa shape index (κ2) is 6.69. The third kappa shape index (κ3) is 4.17. The molecule has 0 aliphatic carbocycles. The Labute approximate surface area is 124 Å². The van der Waals surface area contributed by atoms with E-state index < -0.39 is 0 Å². The second-order valence-corrected chi connectivity index (χ2v) is 7.41. The average molecular weight is 315 g/mol. The lowest BCUT2D eigenvalue weighted by molar-refractivity contribution is 0.597. The van der Waals surface area contributed by atoms with E-state index >= 15 is 0 Å². The van der Waals surface area contributed by atoms with Gasteiger partial charge in [0.05, 0.1) is 4.90 Å². The Kier molecular flexibility index (Phi) is 5.20. The number of aromatic nitrogens is 2. The van der Waals surface area contributed by atoms with Crippen molar-refractivity contribution in [2.24, 2.45) is 5.73 Å². The Bertz CT molecular complexity index is 557. The first-order valence-corrected chi connectivity index (χ1v) is 8.53. The van der Waals surface area contributed by atoms with Crippen LogP contribution in [-0.2, 0) is 6.42 Å². The van der Waals surface area contributed by atoms with Gasteiger partial charge in [0.2, 0.25) is 0 Å². The molecule has 2 rings (SSSR count). The van der Waals surface area contributed by atoms with Gasteiger partial charge < -0.3 is 5.73 Å². The fraction of sp³-hybridized carbons (Fsp3) is 0.333. The van der Waals surface area contributed by atoms with Crippen LogP contribution in [0, 0.1) is 5.82 Å². The fourth-order valence-electron chi connectivity index (χ4n) is 1.54. The molecule has 0 aliphatic heterocycles. The highest BCUT2D eigenvalue weighted by Gasteiger charge is 2.10. The molecule has 2 N–H and O–H groups in total. The Morgan fingerprint density at radius 1 is 1.37 bits per heavy atom. The van der Waals surface area contributed by atoms with Crippen molar-refractivity contribution in [3.8, 4) is 0 Å². The van der Waals surface area contributed by atoms with E-state index in [1.807, 2.05) is 19.2 Å². The number of halogens is 1. The molecular formula is C12H14FN3S3. The van der Waals surface area contributed by atoms with Crippen LogP contribution < -0.4 is 5.73 Å². The minimum Gasteiger partial charge on any atom is -0.328 e. The van der Waals surface area contributed by atoms with Crippen molar-refractivity contribution in [2.75, 3.05) is 6.26 Å². The molecule has 0 amide bonds. The maximum Gasteiger partial charge on any atom is 0.179 e. The molecule has 3 nitrogen and oxygen atoms in total. The number of rotatable bonds is 5. The van der Waals surface area contributed by atoms with Gasteiger partial charge in [-0.1, -0.05) is 40.9 Å². The molecule has 102 valence electrons. The molecule has 1 unspecified atom stereocenters. The Hall–Kier alpha value is -0.630. The third-order valence-corrected chi connectivity index (χ3v) is 5.31. The van der Waals surface area contributed by atoms with Gasteiger partial charge in [0.25, 0.3) is 0 Å². The standard InChI is InChI=1S/C12H14FN3S3/c1-7(14)5-8-3-4-10(9(13)6-8)18-12-16-15-11(17-2)19-12/h3-4,6-7H,5,14H2,1-2H3. The highest BCUT2D eigenvalue weighted by atomic mass is 32.2. The molecule has 7 heteroatoms. The van der Waals surface area contributed by atoms with Gasteiger partial charge in [-0.15, -0.1) is 10.2 Å². The summed E-state index contributed by atoms with van der Waals surface area (Å²) in [7, 11) is 0. The van der Waals surface area contributed by atoms with Crippen LogP contribution in [0.2, 0.25) is 0 Å². The average Bonchev–Trinajstić information content (AvgIpc) is 2.80. The van der Waals surface area contributed by atoms with Gasteiger partial charge >= 0.3 is 0 Å². The minimum atomic E-state index is -0.232. The zero-order chi connectivity index (χ0) is 13.8. The van der Waals surface area contributed by atoms with Crippen LogP contribution in [0.3, 0.4) is 0 Å². The van der Waals surface area contributed by atoms with Crippen molar-refractivity contribution in [3.63, 3.8) is 0 Å². The molecule has 1 atom stereocenters. The Morgan fingerprint density at radius 3 is 2.68 bits per heavy atom. The van der Waals surface area contributed by atoms with E-state index in [2.05, 4.69) is 10.2 Å². The summed E-state index contributed by atoms with van der Waals surface area (Å²) < 4.78 is 15.6. The molecular weight excluding hydrogens is 301 g/mol. The van der Waals surface area contributed by atoms with E-state index in [-0.39, 0.29) is 11.9 Å². The summed E-state index contributed by atoms with van der Waals surface area (Å²) in [4.78, 5) is 0.567. The van der Waals surface area contributed by atoms with Gasteiger partial charge in [-0.3, -0.25) is 0 Å². The lowest BCUT2D eigenvalue weighted by Gasteiger charge is -2.07. The lowest BCUT2D eigenvalue weighted by Crippen LogP contribution is -2.17. The Morgan fingerprint density at radius 2 is 2.11 bits per heavy atom. The van der Waals surface area contributed by atoms with Crippen LogP contribution in [0.4, 0.5) is 4.39 Å². The van der Waals surface area contributed by atoms with Gasteiger partial charge in [0.15, 0.2) is 8.68 Å². The van der Waals surface area contributed by atoms with E-state index in [0.717, 1.165) is 14.2 Å². The summed E-state index contributed by atoms with van der Waals surface area (Å²) in [5.41, 5.74) is 6.62. The van der Waals surface area contributed by atoms with Crippen molar-refractivity contribution < 1.29 is 4.39 Å². The second-order valence-electron chi connectivity index (χ2n) is 4.09. The van der Waals surface area contributed by atoms with Crippen molar-refractivity contribution in [3.05, 3.63) is 29.6 Å². The summed E-state index contributed by atoms with van der Waals surface area (Å²) in [6, 6.07) is 5.26. The predicted octanol–water partition coefficient (Wildman–Crippen LogP) is 3.44. The fourth-order valence-corrected chi connectivity index (χ4v) is 3.94. The van der Waals surface area contributed by atoms with Gasteiger partial charge in [0.1, 0.15) is 5.82 Å². The first kappa shape index (κ1) is 14.8. The molecule has 0 bridgehead atoms. The molecule has 1 aromatic carbocycles. The van der Waals surface area contributed by atoms with Crippen LogP contribution in [0.5, 0.6) is 0 Å². The number of nitrogens with zero attached hydrogens (tertiary/aromatic N) is 2. The quantitative estimate of drug-likeness (QED) is 0.857. The third-order valence-electron chi connectivity index (χ3n) is 2.31. The number of nitrogens with two attached hydrogens (primary N) is 1. The van der Waals surface area contributed by atoms with Gasteiger partial charge in [-0.2, -0.15) is 0 Å². The van der Waals surface area contributed by atoms with E-state index in [1.165, 1.54) is 34.9 Å². The minimum absolute atomic E-state index is 0.0326. The molecule has 0 radical (unpaired) electrons. The smallest absolute Gasteiger partial charge is 0.179 e. The molecule has 19 heavy (non-hydrogen) atoms. The molecule has 2 aromatic rings. The molecule has 0 aliphatic rings. The molecule has 0 saturated heterocycles. The summed E-state index contributed by atoms with van der Waals surface area (Å²) in [5.74, 6) is -0.232. The molecule has 0 fully saturated rings. The Balaban J connectivity index is 2.12. The molecule has 0 saturated carbocycles. The summed E-state index contributed by atoms with van der Waals surface area (Å²) >= 11 is 4.31. The first-order valence-electron chi connectivity index (χ1n) is 5.68. The van der Waals surface area contributed by atoms with E-state index in [0.29, 0.717) is 11.3 Å². The van der Waals surface area contributed by atoms with Gasteiger partial charge in [0, 0.05) is 6.04 Å². The predicted molar refractivity (Wildman–Crippen MR) is 79.6 cm³/mol. The number of thioether (sulfide) groups is 1. The number of benzene rings is 1. The largest absolute Gasteiger partial charge is 0.328 e. The highest BCUT2D eigenvalue weighted by Crippen LogP contribution is 2.34. The van der Waals surface area contributed by atoms with Crippen LogP contribution in [-0.4, -0.2) is 22.5 Å². The molecule has 0 spiro atoms. The van der Waals surface area contributed by atoms with E-state index in [9.17, 15) is 4.39 Å². The SMILES string of the molecule is CSc1nnc(Sc2ccc(CC(C)N)cc2F)s1.